The standard InChI is InChI=1S/C23H20IO3S/c1-2-3-15-26-23(25)18-7-6-9-20-22(18)28(17-13-11-16(24)12-14-17)21-10-5-4-8-19(21)27-20/h4-14H,2-3,15H2,1H3/q+1. The first-order valence-corrected chi connectivity index (χ1v) is 11.6. The van der Waals surface area contributed by atoms with Crippen molar-refractivity contribution in [2.24, 2.45) is 0 Å². The molecule has 1 heterocycles. The third-order valence-electron chi connectivity index (χ3n) is 4.47. The van der Waals surface area contributed by atoms with Crippen LogP contribution in [0.5, 0.6) is 11.5 Å². The van der Waals surface area contributed by atoms with E-state index in [2.05, 4.69) is 59.8 Å². The fourth-order valence-electron chi connectivity index (χ4n) is 3.10. The minimum Gasteiger partial charge on any atom is -0.462 e. The van der Waals surface area contributed by atoms with Gasteiger partial charge < -0.3 is 9.47 Å². The second kappa shape index (κ2) is 8.57. The van der Waals surface area contributed by atoms with Gasteiger partial charge in [0.25, 0.3) is 0 Å². The summed E-state index contributed by atoms with van der Waals surface area (Å²) in [5.41, 5.74) is 0.588. The van der Waals surface area contributed by atoms with Crippen LogP contribution in [0.25, 0.3) is 0 Å². The molecule has 0 N–H and O–H groups in total. The van der Waals surface area contributed by atoms with Crippen molar-refractivity contribution in [3.63, 3.8) is 0 Å². The van der Waals surface area contributed by atoms with Gasteiger partial charge in [0.1, 0.15) is 16.5 Å². The van der Waals surface area contributed by atoms with Crippen LogP contribution in [0.4, 0.5) is 0 Å². The van der Waals surface area contributed by atoms with Crippen molar-refractivity contribution in [2.75, 3.05) is 6.61 Å². The number of rotatable bonds is 5. The molecule has 0 saturated heterocycles. The van der Waals surface area contributed by atoms with Crippen LogP contribution < -0.4 is 4.74 Å². The van der Waals surface area contributed by atoms with E-state index in [4.69, 9.17) is 9.47 Å². The minimum atomic E-state index is -0.435. The number of para-hydroxylation sites is 1. The van der Waals surface area contributed by atoms with Crippen molar-refractivity contribution in [3.05, 3.63) is 75.9 Å². The van der Waals surface area contributed by atoms with Crippen molar-refractivity contribution in [1.29, 1.82) is 0 Å². The largest absolute Gasteiger partial charge is 0.462 e. The number of carbonyl (C=O) groups is 1. The van der Waals surface area contributed by atoms with Gasteiger partial charge in [0, 0.05) is 3.57 Å². The lowest BCUT2D eigenvalue weighted by atomic mass is 10.2. The molecule has 4 rings (SSSR count). The fourth-order valence-corrected chi connectivity index (χ4v) is 5.79. The average Bonchev–Trinajstić information content (AvgIpc) is 2.72. The highest BCUT2D eigenvalue weighted by Crippen LogP contribution is 2.48. The molecule has 0 amide bonds. The number of benzene rings is 3. The molecule has 3 aromatic carbocycles. The fraction of sp³-hybridized carbons (Fsp3) is 0.174. The van der Waals surface area contributed by atoms with E-state index in [9.17, 15) is 4.79 Å². The van der Waals surface area contributed by atoms with Crippen LogP contribution in [0, 0.1) is 3.57 Å². The van der Waals surface area contributed by atoms with Crippen molar-refractivity contribution < 1.29 is 14.3 Å². The number of halogens is 1. The first-order valence-electron chi connectivity index (χ1n) is 9.26. The highest BCUT2D eigenvalue weighted by atomic mass is 127. The first-order chi connectivity index (χ1) is 13.7. The summed E-state index contributed by atoms with van der Waals surface area (Å²) >= 11 is 2.31. The number of hydrogen-bond donors (Lipinski definition) is 0. The SMILES string of the molecule is CCCCOC(=O)c1cccc2c1[S+](c1ccc(I)cc1)c1ccccc1O2. The summed E-state index contributed by atoms with van der Waals surface area (Å²) in [7, 11) is -0.435. The summed E-state index contributed by atoms with van der Waals surface area (Å²) in [5, 5.41) is 0. The second-order valence-corrected chi connectivity index (χ2v) is 9.61. The number of hydrogen-bond acceptors (Lipinski definition) is 3. The van der Waals surface area contributed by atoms with E-state index in [0.29, 0.717) is 12.2 Å². The Hall–Kier alpha value is -1.99. The molecular weight excluding hydrogens is 483 g/mol. The molecule has 0 bridgehead atoms. The van der Waals surface area contributed by atoms with E-state index >= 15 is 0 Å². The highest BCUT2D eigenvalue weighted by Gasteiger charge is 2.42. The van der Waals surface area contributed by atoms with Gasteiger partial charge in [-0.1, -0.05) is 31.5 Å². The molecule has 28 heavy (non-hydrogen) atoms. The van der Waals surface area contributed by atoms with Crippen LogP contribution in [0.3, 0.4) is 0 Å². The maximum Gasteiger partial charge on any atom is 0.343 e. The summed E-state index contributed by atoms with van der Waals surface area (Å²) in [6.45, 7) is 2.52. The molecule has 5 heteroatoms. The maximum absolute atomic E-state index is 12.9. The Morgan fingerprint density at radius 3 is 2.54 bits per heavy atom. The molecule has 1 atom stereocenters. The predicted molar refractivity (Wildman–Crippen MR) is 119 cm³/mol. The van der Waals surface area contributed by atoms with Gasteiger partial charge in [-0.15, -0.1) is 0 Å². The van der Waals surface area contributed by atoms with Crippen LogP contribution in [0.2, 0.25) is 0 Å². The monoisotopic (exact) mass is 503 g/mol. The van der Waals surface area contributed by atoms with Gasteiger partial charge in [0.05, 0.1) is 6.61 Å². The summed E-state index contributed by atoms with van der Waals surface area (Å²) in [6, 6.07) is 22.2. The van der Waals surface area contributed by atoms with Crippen LogP contribution >= 0.6 is 22.6 Å². The predicted octanol–water partition coefficient (Wildman–Crippen LogP) is 6.45. The maximum atomic E-state index is 12.9. The van der Waals surface area contributed by atoms with Crippen molar-refractivity contribution in [3.8, 4) is 11.5 Å². The minimum absolute atomic E-state index is 0.281. The summed E-state index contributed by atoms with van der Waals surface area (Å²) in [5.74, 6) is 1.29. The van der Waals surface area contributed by atoms with Crippen LogP contribution in [0.15, 0.2) is 81.4 Å². The van der Waals surface area contributed by atoms with E-state index in [-0.39, 0.29) is 5.97 Å². The van der Waals surface area contributed by atoms with Gasteiger partial charge in [0.15, 0.2) is 16.4 Å². The summed E-state index contributed by atoms with van der Waals surface area (Å²) in [6.07, 6.45) is 1.85. The van der Waals surface area contributed by atoms with Crippen LogP contribution in [0.1, 0.15) is 30.1 Å². The molecule has 142 valence electrons. The lowest BCUT2D eigenvalue weighted by Gasteiger charge is -2.21. The van der Waals surface area contributed by atoms with Gasteiger partial charge in [-0.25, -0.2) is 4.79 Å². The summed E-state index contributed by atoms with van der Waals surface area (Å²) in [4.78, 5) is 16.0. The number of esters is 1. The Kier molecular flexibility index (Phi) is 5.92. The van der Waals surface area contributed by atoms with Crippen molar-refractivity contribution >= 4 is 39.5 Å². The number of ether oxygens (including phenoxy) is 2. The zero-order valence-corrected chi connectivity index (χ0v) is 18.5. The number of unbranched alkanes of at least 4 members (excludes halogenated alkanes) is 1. The van der Waals surface area contributed by atoms with Gasteiger partial charge in [0.2, 0.25) is 9.79 Å². The lowest BCUT2D eigenvalue weighted by Crippen LogP contribution is -2.18. The molecule has 0 aliphatic carbocycles. The highest BCUT2D eigenvalue weighted by molar-refractivity contribution is 14.1. The molecular formula is C23H20IO3S+. The van der Waals surface area contributed by atoms with Crippen LogP contribution in [-0.2, 0) is 15.6 Å². The number of carbonyl (C=O) groups excluding carboxylic acids is 1. The zero-order valence-electron chi connectivity index (χ0n) is 15.5. The van der Waals surface area contributed by atoms with Crippen LogP contribution in [-0.4, -0.2) is 12.6 Å². The lowest BCUT2D eigenvalue weighted by molar-refractivity contribution is 0.0495. The normalized spacial score (nSPS) is 14.6. The summed E-state index contributed by atoms with van der Waals surface area (Å²) < 4.78 is 12.9. The molecule has 3 aromatic rings. The Balaban J connectivity index is 1.85. The Bertz CT molecular complexity index is 1000. The van der Waals surface area contributed by atoms with Gasteiger partial charge >= 0.3 is 5.97 Å². The Morgan fingerprint density at radius 1 is 1.00 bits per heavy atom. The average molecular weight is 503 g/mol. The second-order valence-electron chi connectivity index (χ2n) is 6.43. The smallest absolute Gasteiger partial charge is 0.343 e. The molecule has 0 aromatic heterocycles. The van der Waals surface area contributed by atoms with Gasteiger partial charge in [-0.2, -0.15) is 0 Å². The molecule has 0 fully saturated rings. The van der Waals surface area contributed by atoms with Gasteiger partial charge in [-0.3, -0.25) is 0 Å². The van der Waals surface area contributed by atoms with Gasteiger partial charge in [-0.05, 0) is 77.5 Å². The van der Waals surface area contributed by atoms with E-state index in [1.807, 2.05) is 36.4 Å². The molecule has 0 spiro atoms. The number of fused-ring (bicyclic) bond motifs is 2. The van der Waals surface area contributed by atoms with E-state index in [0.717, 1.165) is 39.0 Å². The Labute approximate surface area is 181 Å². The van der Waals surface area contributed by atoms with E-state index < -0.39 is 10.9 Å². The Morgan fingerprint density at radius 2 is 1.75 bits per heavy atom. The topological polar surface area (TPSA) is 35.5 Å². The molecule has 0 radical (unpaired) electrons. The molecule has 0 saturated carbocycles. The zero-order chi connectivity index (χ0) is 19.5. The third-order valence-corrected chi connectivity index (χ3v) is 7.54. The van der Waals surface area contributed by atoms with Crippen molar-refractivity contribution in [2.45, 2.75) is 34.5 Å². The quantitative estimate of drug-likeness (QED) is 0.136. The van der Waals surface area contributed by atoms with E-state index in [1.165, 1.54) is 3.57 Å². The molecule has 1 aliphatic rings. The molecule has 1 aliphatic heterocycles. The first kappa shape index (κ1) is 19.3. The molecule has 3 nitrogen and oxygen atoms in total. The molecule has 1 unspecified atom stereocenters. The van der Waals surface area contributed by atoms with E-state index in [1.54, 1.807) is 0 Å². The van der Waals surface area contributed by atoms with Crippen molar-refractivity contribution in [1.82, 2.24) is 0 Å². The third kappa shape index (κ3) is 3.78.